The van der Waals surface area contributed by atoms with Crippen LogP contribution in [-0.4, -0.2) is 11.6 Å². The lowest BCUT2D eigenvalue weighted by Crippen LogP contribution is -2.19. The second-order valence-corrected chi connectivity index (χ2v) is 5.14. The van der Waals surface area contributed by atoms with E-state index in [1.807, 2.05) is 56.3 Å². The molecule has 1 heterocycles. The van der Waals surface area contributed by atoms with Crippen LogP contribution in [0.15, 0.2) is 53.6 Å². The molecular weight excluding hydrogens is 248 g/mol. The number of hydrogen-bond acceptors (Lipinski definition) is 2. The number of nitrogens with zero attached hydrogens (tertiary/aromatic N) is 2. The van der Waals surface area contributed by atoms with Crippen molar-refractivity contribution in [1.82, 2.24) is 0 Å². The van der Waals surface area contributed by atoms with Crippen molar-refractivity contribution in [2.24, 2.45) is 5.10 Å². The van der Waals surface area contributed by atoms with E-state index < -0.39 is 0 Å². The number of rotatable bonds is 2. The summed E-state index contributed by atoms with van der Waals surface area (Å²) < 4.78 is 0. The highest BCUT2D eigenvalue weighted by Gasteiger charge is 2.26. The van der Waals surface area contributed by atoms with Crippen molar-refractivity contribution < 1.29 is 4.79 Å². The topological polar surface area (TPSA) is 32.7 Å². The van der Waals surface area contributed by atoms with Crippen LogP contribution < -0.4 is 5.01 Å². The Morgan fingerprint density at radius 3 is 2.30 bits per heavy atom. The maximum absolute atomic E-state index is 12.2. The van der Waals surface area contributed by atoms with Gasteiger partial charge in [0, 0.05) is 0 Å². The highest BCUT2D eigenvalue weighted by molar-refractivity contribution is 6.19. The van der Waals surface area contributed by atoms with Crippen molar-refractivity contribution >= 4 is 17.3 Å². The highest BCUT2D eigenvalue weighted by atomic mass is 16.2. The van der Waals surface area contributed by atoms with Crippen molar-refractivity contribution in [3.05, 3.63) is 65.2 Å². The van der Waals surface area contributed by atoms with E-state index in [2.05, 4.69) is 11.2 Å². The molecule has 0 radical (unpaired) electrons. The minimum Gasteiger partial charge on any atom is -0.272 e. The minimum atomic E-state index is 0.0221. The molecule has 2 aromatic carbocycles. The van der Waals surface area contributed by atoms with E-state index in [-0.39, 0.29) is 5.91 Å². The van der Waals surface area contributed by atoms with Gasteiger partial charge in [-0.15, -0.1) is 0 Å². The molecule has 20 heavy (non-hydrogen) atoms. The number of benzene rings is 2. The summed E-state index contributed by atoms with van der Waals surface area (Å²) in [5.41, 5.74) is 4.95. The van der Waals surface area contributed by atoms with E-state index in [1.54, 1.807) is 0 Å². The van der Waals surface area contributed by atoms with Crippen molar-refractivity contribution in [3.8, 4) is 0 Å². The first-order chi connectivity index (χ1) is 9.63. The molecule has 0 saturated carbocycles. The van der Waals surface area contributed by atoms with Gasteiger partial charge in [-0.05, 0) is 42.7 Å². The molecule has 3 rings (SSSR count). The zero-order valence-corrected chi connectivity index (χ0v) is 11.6. The number of aryl methyl sites for hydroxylation is 2. The van der Waals surface area contributed by atoms with Crippen LogP contribution in [0, 0.1) is 13.8 Å². The SMILES string of the molecule is Cc1cc(C)cc(N2N=C(c3ccccc3)CC2=O)c1. The fraction of sp³-hybridized carbons (Fsp3) is 0.176. The van der Waals surface area contributed by atoms with E-state index in [0.29, 0.717) is 6.42 Å². The Balaban J connectivity index is 1.98. The summed E-state index contributed by atoms with van der Waals surface area (Å²) >= 11 is 0. The van der Waals surface area contributed by atoms with Gasteiger partial charge in [0.05, 0.1) is 17.8 Å². The Bertz CT molecular complexity index is 669. The van der Waals surface area contributed by atoms with Crippen LogP contribution in [0.3, 0.4) is 0 Å². The monoisotopic (exact) mass is 264 g/mol. The molecule has 3 heteroatoms. The van der Waals surface area contributed by atoms with E-state index in [0.717, 1.165) is 28.1 Å². The molecule has 1 aliphatic rings. The van der Waals surface area contributed by atoms with Gasteiger partial charge in [0.1, 0.15) is 0 Å². The first kappa shape index (κ1) is 12.6. The number of hydrazone groups is 1. The van der Waals surface area contributed by atoms with Gasteiger partial charge in [-0.2, -0.15) is 5.10 Å². The standard InChI is InChI=1S/C17H16N2O/c1-12-8-13(2)10-15(9-12)19-17(20)11-16(18-19)14-6-4-3-5-7-14/h3-10H,11H2,1-2H3. The van der Waals surface area contributed by atoms with Gasteiger partial charge < -0.3 is 0 Å². The molecule has 0 atom stereocenters. The molecule has 0 unspecified atom stereocenters. The molecule has 1 aliphatic heterocycles. The minimum absolute atomic E-state index is 0.0221. The fourth-order valence-electron chi connectivity index (χ4n) is 2.49. The highest BCUT2D eigenvalue weighted by Crippen LogP contribution is 2.25. The van der Waals surface area contributed by atoms with Gasteiger partial charge in [-0.1, -0.05) is 36.4 Å². The second kappa shape index (κ2) is 4.93. The maximum Gasteiger partial charge on any atom is 0.253 e. The normalized spacial score (nSPS) is 14.6. The van der Waals surface area contributed by atoms with Crippen LogP contribution in [-0.2, 0) is 4.79 Å². The molecule has 0 spiro atoms. The lowest BCUT2D eigenvalue weighted by atomic mass is 10.1. The van der Waals surface area contributed by atoms with E-state index in [4.69, 9.17) is 0 Å². The van der Waals surface area contributed by atoms with Crippen LogP contribution in [0.1, 0.15) is 23.1 Å². The largest absolute Gasteiger partial charge is 0.272 e. The number of amides is 1. The third-order valence-corrected chi connectivity index (χ3v) is 3.33. The molecule has 2 aromatic rings. The lowest BCUT2D eigenvalue weighted by Gasteiger charge is -2.13. The third-order valence-electron chi connectivity index (χ3n) is 3.33. The molecule has 0 aliphatic carbocycles. The Morgan fingerprint density at radius 1 is 1.00 bits per heavy atom. The van der Waals surface area contributed by atoms with Crippen molar-refractivity contribution in [2.45, 2.75) is 20.3 Å². The lowest BCUT2D eigenvalue weighted by molar-refractivity contribution is -0.116. The van der Waals surface area contributed by atoms with Crippen LogP contribution in [0.5, 0.6) is 0 Å². The predicted octanol–water partition coefficient (Wildman–Crippen LogP) is 3.44. The average Bonchev–Trinajstić information content (AvgIpc) is 2.81. The molecule has 1 amide bonds. The number of anilines is 1. The van der Waals surface area contributed by atoms with Crippen molar-refractivity contribution in [2.75, 3.05) is 5.01 Å². The first-order valence-corrected chi connectivity index (χ1v) is 6.67. The Labute approximate surface area is 118 Å². The first-order valence-electron chi connectivity index (χ1n) is 6.67. The molecule has 3 nitrogen and oxygen atoms in total. The van der Waals surface area contributed by atoms with Crippen LogP contribution in [0.2, 0.25) is 0 Å². The predicted molar refractivity (Wildman–Crippen MR) is 81.0 cm³/mol. The van der Waals surface area contributed by atoms with Gasteiger partial charge in [0.15, 0.2) is 0 Å². The van der Waals surface area contributed by atoms with Crippen molar-refractivity contribution in [1.29, 1.82) is 0 Å². The van der Waals surface area contributed by atoms with E-state index in [9.17, 15) is 4.79 Å². The zero-order valence-electron chi connectivity index (χ0n) is 11.6. The molecular formula is C17H16N2O. The molecule has 0 N–H and O–H groups in total. The summed E-state index contributed by atoms with van der Waals surface area (Å²) in [5, 5.41) is 6.01. The molecule has 0 bridgehead atoms. The molecule has 100 valence electrons. The van der Waals surface area contributed by atoms with Gasteiger partial charge in [0.2, 0.25) is 0 Å². The smallest absolute Gasteiger partial charge is 0.253 e. The second-order valence-electron chi connectivity index (χ2n) is 5.14. The zero-order chi connectivity index (χ0) is 14.1. The number of carbonyl (C=O) groups is 1. The van der Waals surface area contributed by atoms with Crippen LogP contribution in [0.4, 0.5) is 5.69 Å². The van der Waals surface area contributed by atoms with Crippen molar-refractivity contribution in [3.63, 3.8) is 0 Å². The summed E-state index contributed by atoms with van der Waals surface area (Å²) in [6, 6.07) is 15.9. The average molecular weight is 264 g/mol. The summed E-state index contributed by atoms with van der Waals surface area (Å²) in [4.78, 5) is 12.2. The number of carbonyl (C=O) groups excluding carboxylic acids is 1. The van der Waals surface area contributed by atoms with E-state index in [1.165, 1.54) is 5.01 Å². The summed E-state index contributed by atoms with van der Waals surface area (Å²) in [5.74, 6) is 0.0221. The van der Waals surface area contributed by atoms with Crippen LogP contribution in [0.25, 0.3) is 0 Å². The number of hydrogen-bond donors (Lipinski definition) is 0. The Morgan fingerprint density at radius 2 is 1.65 bits per heavy atom. The van der Waals surface area contributed by atoms with E-state index >= 15 is 0 Å². The summed E-state index contributed by atoms with van der Waals surface area (Å²) in [6.07, 6.45) is 0.358. The summed E-state index contributed by atoms with van der Waals surface area (Å²) in [7, 11) is 0. The van der Waals surface area contributed by atoms with Gasteiger partial charge in [-0.3, -0.25) is 4.79 Å². The Kier molecular flexibility index (Phi) is 3.11. The molecule has 0 saturated heterocycles. The third kappa shape index (κ3) is 2.35. The molecule has 0 fully saturated rings. The van der Waals surface area contributed by atoms with Gasteiger partial charge in [0.25, 0.3) is 5.91 Å². The van der Waals surface area contributed by atoms with Gasteiger partial charge in [-0.25, -0.2) is 5.01 Å². The Hall–Kier alpha value is -2.42. The molecule has 0 aromatic heterocycles. The van der Waals surface area contributed by atoms with Crippen LogP contribution >= 0.6 is 0 Å². The quantitative estimate of drug-likeness (QED) is 0.817. The fourth-order valence-corrected chi connectivity index (χ4v) is 2.49. The van der Waals surface area contributed by atoms with Gasteiger partial charge >= 0.3 is 0 Å². The maximum atomic E-state index is 12.2. The summed E-state index contributed by atoms with van der Waals surface area (Å²) in [6.45, 7) is 4.05.